The molecule has 3 aromatic rings. The zero-order valence-corrected chi connectivity index (χ0v) is 20.9. The van der Waals surface area contributed by atoms with Gasteiger partial charge in [-0.25, -0.2) is 9.96 Å². The Hall–Kier alpha value is -4.64. The Kier molecular flexibility index (Phi) is 6.60. The lowest BCUT2D eigenvalue weighted by Crippen LogP contribution is -2.37. The largest absolute Gasteiger partial charge is 0.494 e. The second-order valence-electron chi connectivity index (χ2n) is 8.62. The fraction of sp³-hybridized carbons (Fsp3) is 0.259. The van der Waals surface area contributed by atoms with Gasteiger partial charge in [0, 0.05) is 0 Å². The van der Waals surface area contributed by atoms with Crippen molar-refractivity contribution in [2.24, 2.45) is 5.92 Å². The van der Waals surface area contributed by atoms with Gasteiger partial charge in [0.05, 0.1) is 48.8 Å². The molecule has 0 unspecified atom stereocenters. The van der Waals surface area contributed by atoms with Crippen LogP contribution in [-0.2, 0) is 14.4 Å². The van der Waals surface area contributed by atoms with Gasteiger partial charge in [0.2, 0.25) is 5.91 Å². The van der Waals surface area contributed by atoms with Crippen molar-refractivity contribution in [3.63, 3.8) is 0 Å². The van der Waals surface area contributed by atoms with Crippen LogP contribution in [0.1, 0.15) is 18.5 Å². The first kappa shape index (κ1) is 25.0. The van der Waals surface area contributed by atoms with Gasteiger partial charge >= 0.3 is 0 Å². The third-order valence-electron chi connectivity index (χ3n) is 6.58. The van der Waals surface area contributed by atoms with Crippen LogP contribution in [0.25, 0.3) is 0 Å². The van der Waals surface area contributed by atoms with E-state index in [1.54, 1.807) is 54.6 Å². The summed E-state index contributed by atoms with van der Waals surface area (Å²) in [6, 6.07) is 17.1. The molecule has 3 atom stereocenters. The Balaban J connectivity index is 1.63. The Morgan fingerprint density at radius 1 is 0.921 bits per heavy atom. The van der Waals surface area contributed by atoms with Crippen molar-refractivity contribution >= 4 is 28.9 Å². The summed E-state index contributed by atoms with van der Waals surface area (Å²) in [5, 5.41) is 13.6. The lowest BCUT2D eigenvalue weighted by molar-refractivity contribution is -0.385. The number of benzene rings is 3. The highest BCUT2D eigenvalue weighted by Crippen LogP contribution is 2.51. The van der Waals surface area contributed by atoms with Crippen LogP contribution < -0.4 is 24.2 Å². The second kappa shape index (κ2) is 10.0. The quantitative estimate of drug-likeness (QED) is 0.246. The Labute approximate surface area is 218 Å². The van der Waals surface area contributed by atoms with Crippen molar-refractivity contribution in [1.29, 1.82) is 0 Å². The molecule has 2 heterocycles. The number of nitro benzene ring substituents is 1. The summed E-state index contributed by atoms with van der Waals surface area (Å²) >= 11 is 0. The number of rotatable bonds is 8. The number of imide groups is 1. The van der Waals surface area contributed by atoms with E-state index in [1.165, 1.54) is 31.4 Å². The predicted molar refractivity (Wildman–Crippen MR) is 136 cm³/mol. The maximum atomic E-state index is 13.9. The number of amides is 2. The number of hydroxylamine groups is 1. The van der Waals surface area contributed by atoms with Crippen molar-refractivity contribution < 1.29 is 33.6 Å². The summed E-state index contributed by atoms with van der Waals surface area (Å²) < 4.78 is 16.1. The van der Waals surface area contributed by atoms with Crippen molar-refractivity contribution in [3.05, 3.63) is 82.4 Å². The molecule has 196 valence electrons. The van der Waals surface area contributed by atoms with E-state index in [0.29, 0.717) is 23.7 Å². The number of carbonyl (C=O) groups is 2. The molecule has 0 aromatic heterocycles. The van der Waals surface area contributed by atoms with E-state index in [9.17, 15) is 19.7 Å². The highest BCUT2D eigenvalue weighted by molar-refractivity contribution is 6.24. The predicted octanol–water partition coefficient (Wildman–Crippen LogP) is 4.06. The minimum absolute atomic E-state index is 0.152. The molecule has 0 spiro atoms. The molecule has 11 nitrogen and oxygen atoms in total. The van der Waals surface area contributed by atoms with Crippen LogP contribution in [0.3, 0.4) is 0 Å². The molecular weight excluding hydrogens is 494 g/mol. The highest BCUT2D eigenvalue weighted by Gasteiger charge is 2.61. The van der Waals surface area contributed by atoms with Gasteiger partial charge in [-0.2, -0.15) is 0 Å². The van der Waals surface area contributed by atoms with Crippen molar-refractivity contribution in [1.82, 2.24) is 0 Å². The van der Waals surface area contributed by atoms with Crippen molar-refractivity contribution in [2.75, 3.05) is 30.8 Å². The van der Waals surface area contributed by atoms with Crippen LogP contribution in [0.2, 0.25) is 0 Å². The molecule has 2 saturated heterocycles. The van der Waals surface area contributed by atoms with Gasteiger partial charge in [-0.3, -0.25) is 24.5 Å². The number of hydrogen-bond acceptors (Lipinski definition) is 9. The van der Waals surface area contributed by atoms with Gasteiger partial charge in [0.25, 0.3) is 11.6 Å². The van der Waals surface area contributed by atoms with Crippen molar-refractivity contribution in [3.8, 4) is 17.2 Å². The van der Waals surface area contributed by atoms with E-state index in [-0.39, 0.29) is 22.7 Å². The van der Waals surface area contributed by atoms with Crippen molar-refractivity contribution in [2.45, 2.75) is 19.1 Å². The summed E-state index contributed by atoms with van der Waals surface area (Å²) in [5.41, 5.74) is 0.744. The third kappa shape index (κ3) is 4.06. The van der Waals surface area contributed by atoms with Crippen LogP contribution in [0.4, 0.5) is 17.1 Å². The first-order valence-electron chi connectivity index (χ1n) is 11.9. The number of para-hydroxylation sites is 1. The van der Waals surface area contributed by atoms with E-state index in [4.69, 9.17) is 19.0 Å². The molecule has 11 heteroatoms. The fourth-order valence-corrected chi connectivity index (χ4v) is 4.92. The zero-order valence-electron chi connectivity index (χ0n) is 20.9. The summed E-state index contributed by atoms with van der Waals surface area (Å²) in [4.78, 5) is 46.2. The van der Waals surface area contributed by atoms with E-state index >= 15 is 0 Å². The SMILES string of the molecule is CCOc1ccc(N2C(=O)[C@H]3[C@H](ON(c4ccccc4)[C@@H]3c3cc(OC)c(OC)cc3[N+](=O)[O-])C2=O)cc1. The molecule has 0 N–H and O–H groups in total. The Bertz CT molecular complexity index is 1380. The number of carbonyl (C=O) groups excluding carboxylic acids is 2. The number of methoxy groups -OCH3 is 2. The smallest absolute Gasteiger partial charge is 0.278 e. The number of fused-ring (bicyclic) bond motifs is 1. The van der Waals surface area contributed by atoms with E-state index < -0.39 is 34.8 Å². The standard InChI is InChI=1S/C27H25N3O8/c1-4-37-18-12-10-16(11-13-18)28-26(31)23-24(19-14-21(35-2)22(36-3)15-20(19)30(33)34)29(38-25(23)27(28)32)17-8-6-5-7-9-17/h5-15,23-25H,4H2,1-3H3/t23-,24-,25+/m1/s1. The minimum atomic E-state index is -1.19. The lowest BCUT2D eigenvalue weighted by Gasteiger charge is -2.29. The molecular formula is C27H25N3O8. The van der Waals surface area contributed by atoms with Gasteiger partial charge < -0.3 is 14.2 Å². The molecule has 0 aliphatic carbocycles. The number of nitrogens with zero attached hydrogens (tertiary/aromatic N) is 3. The monoisotopic (exact) mass is 519 g/mol. The van der Waals surface area contributed by atoms with Gasteiger partial charge in [0.15, 0.2) is 17.6 Å². The molecule has 0 bridgehead atoms. The maximum absolute atomic E-state index is 13.9. The highest BCUT2D eigenvalue weighted by atomic mass is 16.7. The summed E-state index contributed by atoms with van der Waals surface area (Å²) in [7, 11) is 2.79. The Morgan fingerprint density at radius 2 is 1.58 bits per heavy atom. The maximum Gasteiger partial charge on any atom is 0.278 e. The molecule has 0 saturated carbocycles. The van der Waals surface area contributed by atoms with Crippen LogP contribution in [0.15, 0.2) is 66.7 Å². The number of ether oxygens (including phenoxy) is 3. The molecule has 3 aromatic carbocycles. The van der Waals surface area contributed by atoms with Crippen LogP contribution >= 0.6 is 0 Å². The zero-order chi connectivity index (χ0) is 27.0. The summed E-state index contributed by atoms with van der Waals surface area (Å²) in [5.74, 6) is -1.15. The number of anilines is 2. The molecule has 5 rings (SSSR count). The fourth-order valence-electron chi connectivity index (χ4n) is 4.92. The van der Waals surface area contributed by atoms with Gasteiger partial charge in [0.1, 0.15) is 17.7 Å². The average Bonchev–Trinajstić information content (AvgIpc) is 3.44. The summed E-state index contributed by atoms with van der Waals surface area (Å²) in [6.07, 6.45) is -1.19. The third-order valence-corrected chi connectivity index (χ3v) is 6.58. The first-order valence-corrected chi connectivity index (χ1v) is 11.9. The number of hydrogen-bond donors (Lipinski definition) is 0. The lowest BCUT2D eigenvalue weighted by atomic mass is 9.89. The Morgan fingerprint density at radius 3 is 2.18 bits per heavy atom. The molecule has 2 aliphatic heterocycles. The second-order valence-corrected chi connectivity index (χ2v) is 8.62. The minimum Gasteiger partial charge on any atom is -0.494 e. The molecule has 2 aliphatic rings. The molecule has 0 radical (unpaired) electrons. The van der Waals surface area contributed by atoms with Gasteiger partial charge in [-0.1, -0.05) is 18.2 Å². The average molecular weight is 520 g/mol. The molecule has 2 amide bonds. The van der Waals surface area contributed by atoms with E-state index in [0.717, 1.165) is 4.90 Å². The topological polar surface area (TPSA) is 121 Å². The molecule has 2 fully saturated rings. The molecule has 38 heavy (non-hydrogen) atoms. The summed E-state index contributed by atoms with van der Waals surface area (Å²) in [6.45, 7) is 2.33. The van der Waals surface area contributed by atoms with Gasteiger partial charge in [-0.15, -0.1) is 0 Å². The van der Waals surface area contributed by atoms with Crippen LogP contribution in [-0.4, -0.2) is 43.7 Å². The van der Waals surface area contributed by atoms with Gasteiger partial charge in [-0.05, 0) is 49.4 Å². The normalized spacial score (nSPS) is 20.4. The number of nitro groups is 1. The van der Waals surface area contributed by atoms with E-state index in [2.05, 4.69) is 0 Å². The first-order chi connectivity index (χ1) is 18.4. The van der Waals surface area contributed by atoms with Crippen LogP contribution in [0, 0.1) is 16.0 Å². The van der Waals surface area contributed by atoms with Crippen LogP contribution in [0.5, 0.6) is 17.2 Å². The van der Waals surface area contributed by atoms with E-state index in [1.807, 2.05) is 6.92 Å².